The highest BCUT2D eigenvalue weighted by Gasteiger charge is 2.46. The molecule has 0 aliphatic carbocycles. The van der Waals surface area contributed by atoms with Gasteiger partial charge >= 0.3 is 5.97 Å². The summed E-state index contributed by atoms with van der Waals surface area (Å²) >= 11 is 0. The van der Waals surface area contributed by atoms with Crippen molar-refractivity contribution in [3.05, 3.63) is 77.9 Å². The Morgan fingerprint density at radius 3 is 2.29 bits per heavy atom. The van der Waals surface area contributed by atoms with Crippen molar-refractivity contribution in [3.63, 3.8) is 0 Å². The zero-order valence-electron chi connectivity index (χ0n) is 27.3. The second-order valence-electron chi connectivity index (χ2n) is 12.8. The number of hydrogen-bond donors (Lipinski definition) is 1. The van der Waals surface area contributed by atoms with Gasteiger partial charge in [-0.15, -0.1) is 0 Å². The molecule has 4 rings (SSSR count). The maximum Gasteiger partial charge on any atom is 0.330 e. The maximum atomic E-state index is 13.3. The topological polar surface area (TPSA) is 101 Å². The first-order valence-corrected chi connectivity index (χ1v) is 16.3. The monoisotopic (exact) mass is 622 g/mol. The summed E-state index contributed by atoms with van der Waals surface area (Å²) in [4.78, 5) is 25.8. The van der Waals surface area contributed by atoms with Crippen LogP contribution >= 0.6 is 0 Å². The summed E-state index contributed by atoms with van der Waals surface area (Å²) in [5, 5.41) is 10.9. The summed E-state index contributed by atoms with van der Waals surface area (Å²) in [5.74, 6) is 0.425. The first-order chi connectivity index (χ1) is 21.7. The van der Waals surface area contributed by atoms with Gasteiger partial charge in [0.1, 0.15) is 18.1 Å². The number of esters is 1. The van der Waals surface area contributed by atoms with Crippen molar-refractivity contribution in [2.24, 2.45) is 17.8 Å². The van der Waals surface area contributed by atoms with Crippen LogP contribution in [0.1, 0.15) is 70.9 Å². The maximum absolute atomic E-state index is 13.3. The van der Waals surface area contributed by atoms with E-state index in [2.05, 4.69) is 13.8 Å². The second-order valence-corrected chi connectivity index (χ2v) is 12.8. The van der Waals surface area contributed by atoms with Crippen LogP contribution in [0.2, 0.25) is 0 Å². The van der Waals surface area contributed by atoms with Gasteiger partial charge in [0.2, 0.25) is 0 Å². The van der Waals surface area contributed by atoms with Gasteiger partial charge in [-0.25, -0.2) is 4.79 Å². The molecule has 2 aliphatic rings. The molecule has 8 heteroatoms. The number of methoxy groups -OCH3 is 1. The van der Waals surface area contributed by atoms with Crippen LogP contribution in [0.5, 0.6) is 5.75 Å². The van der Waals surface area contributed by atoms with E-state index in [1.165, 1.54) is 6.08 Å². The standard InChI is InChI=1S/C37H50O8/c1-6-24(2)33-21-35-34(44-33)20-31(39)37(45-35)26(4)19-29(38)18-25(3)32(42-22-28-12-14-30(41-5)15-13-28)16-17-36(40)43-23-27-10-8-7-9-11-27/h7-17,24-26,31-35,37,39H,6,18-23H2,1-5H3/b17-16+/t24-,25-,26-,31-,32+,33-,34+,35+,37-/m0/s1. The molecule has 45 heavy (non-hydrogen) atoms. The highest BCUT2D eigenvalue weighted by molar-refractivity contribution is 5.82. The molecule has 2 saturated heterocycles. The third-order valence-corrected chi connectivity index (χ3v) is 9.16. The summed E-state index contributed by atoms with van der Waals surface area (Å²) in [5.41, 5.74) is 1.85. The highest BCUT2D eigenvalue weighted by Crippen LogP contribution is 2.38. The number of ketones is 1. The lowest BCUT2D eigenvalue weighted by Crippen LogP contribution is -2.48. The molecule has 8 nitrogen and oxygen atoms in total. The molecule has 9 atom stereocenters. The van der Waals surface area contributed by atoms with E-state index in [-0.39, 0.29) is 55.4 Å². The number of hydrogen-bond acceptors (Lipinski definition) is 8. The molecule has 0 aromatic heterocycles. The molecule has 0 unspecified atom stereocenters. The number of carbonyl (C=O) groups is 2. The Morgan fingerprint density at radius 1 is 0.911 bits per heavy atom. The molecule has 0 saturated carbocycles. The fourth-order valence-corrected chi connectivity index (χ4v) is 6.21. The van der Waals surface area contributed by atoms with Crippen LogP contribution < -0.4 is 4.74 Å². The average molecular weight is 623 g/mol. The zero-order chi connectivity index (χ0) is 32.3. The summed E-state index contributed by atoms with van der Waals surface area (Å²) in [6.45, 7) is 8.74. The molecule has 0 bridgehead atoms. The number of fused-ring (bicyclic) bond motifs is 1. The minimum atomic E-state index is -0.674. The summed E-state index contributed by atoms with van der Waals surface area (Å²) < 4.78 is 29.5. The number of benzene rings is 2. The van der Waals surface area contributed by atoms with Gasteiger partial charge in [-0.05, 0) is 47.1 Å². The van der Waals surface area contributed by atoms with Gasteiger partial charge in [0.25, 0.3) is 0 Å². The Kier molecular flexibility index (Phi) is 13.2. The van der Waals surface area contributed by atoms with Gasteiger partial charge in [0.05, 0.1) is 50.3 Å². The van der Waals surface area contributed by atoms with E-state index >= 15 is 0 Å². The number of ether oxygens (including phenoxy) is 5. The van der Waals surface area contributed by atoms with E-state index < -0.39 is 24.3 Å². The van der Waals surface area contributed by atoms with Crippen molar-refractivity contribution in [2.45, 2.75) is 110 Å². The van der Waals surface area contributed by atoms with Crippen LogP contribution in [0.25, 0.3) is 0 Å². The fourth-order valence-electron chi connectivity index (χ4n) is 6.21. The van der Waals surface area contributed by atoms with Crippen molar-refractivity contribution < 1.29 is 38.4 Å². The van der Waals surface area contributed by atoms with Crippen molar-refractivity contribution in [1.29, 1.82) is 0 Å². The van der Waals surface area contributed by atoms with Gasteiger partial charge in [-0.2, -0.15) is 0 Å². The molecular weight excluding hydrogens is 572 g/mol. The zero-order valence-corrected chi connectivity index (χ0v) is 27.3. The molecule has 2 heterocycles. The lowest BCUT2D eigenvalue weighted by molar-refractivity contribution is -0.171. The van der Waals surface area contributed by atoms with E-state index in [9.17, 15) is 14.7 Å². The fraction of sp³-hybridized carbons (Fsp3) is 0.568. The Morgan fingerprint density at radius 2 is 1.60 bits per heavy atom. The second kappa shape index (κ2) is 17.0. The van der Waals surface area contributed by atoms with Crippen molar-refractivity contribution in [3.8, 4) is 5.75 Å². The summed E-state index contributed by atoms with van der Waals surface area (Å²) in [7, 11) is 1.62. The van der Waals surface area contributed by atoms with E-state index in [0.29, 0.717) is 18.9 Å². The van der Waals surface area contributed by atoms with Crippen LogP contribution in [0.4, 0.5) is 0 Å². The molecule has 246 valence electrons. The number of aliphatic hydroxyl groups is 1. The van der Waals surface area contributed by atoms with Gasteiger partial charge in [-0.1, -0.05) is 76.6 Å². The minimum absolute atomic E-state index is 0.0450. The smallest absolute Gasteiger partial charge is 0.330 e. The number of carbonyl (C=O) groups excluding carboxylic acids is 2. The minimum Gasteiger partial charge on any atom is -0.497 e. The molecule has 2 aromatic carbocycles. The van der Waals surface area contributed by atoms with E-state index in [1.54, 1.807) is 13.2 Å². The molecule has 2 aliphatic heterocycles. The number of rotatable bonds is 16. The lowest BCUT2D eigenvalue weighted by atomic mass is 9.86. The van der Waals surface area contributed by atoms with Crippen LogP contribution in [0.3, 0.4) is 0 Å². The molecule has 1 N–H and O–H groups in total. The molecule has 0 spiro atoms. The summed E-state index contributed by atoms with van der Waals surface area (Å²) in [6, 6.07) is 17.1. The molecule has 2 aromatic rings. The first-order valence-electron chi connectivity index (χ1n) is 16.3. The van der Waals surface area contributed by atoms with Gasteiger partial charge < -0.3 is 28.8 Å². The van der Waals surface area contributed by atoms with Crippen molar-refractivity contribution in [1.82, 2.24) is 0 Å². The van der Waals surface area contributed by atoms with Crippen molar-refractivity contribution in [2.75, 3.05) is 7.11 Å². The van der Waals surface area contributed by atoms with Gasteiger partial charge in [0, 0.05) is 31.8 Å². The highest BCUT2D eigenvalue weighted by atomic mass is 16.6. The predicted octanol–water partition coefficient (Wildman–Crippen LogP) is 6.22. The molecular formula is C37H50O8. The van der Waals surface area contributed by atoms with Gasteiger partial charge in [0.15, 0.2) is 0 Å². The Bertz CT molecular complexity index is 1230. The van der Waals surface area contributed by atoms with Gasteiger partial charge in [-0.3, -0.25) is 4.79 Å². The first kappa shape index (κ1) is 34.8. The Hall–Kier alpha value is -3.04. The third-order valence-electron chi connectivity index (χ3n) is 9.16. The average Bonchev–Trinajstić information content (AvgIpc) is 3.46. The van der Waals surface area contributed by atoms with E-state index in [1.807, 2.05) is 68.4 Å². The SMILES string of the molecule is CC[C@H](C)[C@@H]1C[C@H]2O[C@@H]([C@@H](C)CC(=O)C[C@H](C)[C@@H](/C=C/C(=O)OCc3ccccc3)OCc3ccc(OC)cc3)[C@@H](O)C[C@H]2O1. The van der Waals surface area contributed by atoms with Crippen LogP contribution in [-0.4, -0.2) is 60.6 Å². The lowest BCUT2D eigenvalue weighted by Gasteiger charge is -2.38. The van der Waals surface area contributed by atoms with E-state index in [0.717, 1.165) is 29.7 Å². The largest absolute Gasteiger partial charge is 0.497 e. The number of Topliss-reactive ketones (excluding diaryl/α,β-unsaturated/α-hetero) is 1. The normalized spacial score (nSPS) is 25.7. The predicted molar refractivity (Wildman–Crippen MR) is 172 cm³/mol. The van der Waals surface area contributed by atoms with Crippen molar-refractivity contribution >= 4 is 11.8 Å². The quantitative estimate of drug-likeness (QED) is 0.174. The third kappa shape index (κ3) is 10.2. The Labute approximate surface area is 268 Å². The molecule has 2 fully saturated rings. The van der Waals surface area contributed by atoms with Crippen LogP contribution in [0.15, 0.2) is 66.7 Å². The Balaban J connectivity index is 1.33. The van der Waals surface area contributed by atoms with Crippen LogP contribution in [0, 0.1) is 17.8 Å². The number of aliphatic hydroxyl groups excluding tert-OH is 1. The summed E-state index contributed by atoms with van der Waals surface area (Å²) in [6.07, 6.45) is 4.43. The molecule has 0 amide bonds. The van der Waals surface area contributed by atoms with Crippen LogP contribution in [-0.2, 0) is 41.8 Å². The molecule has 0 radical (unpaired) electrons. The van der Waals surface area contributed by atoms with E-state index in [4.69, 9.17) is 23.7 Å².